The van der Waals surface area contributed by atoms with Crippen LogP contribution in [0.1, 0.15) is 12.8 Å². The molecule has 1 aliphatic carbocycles. The van der Waals surface area contributed by atoms with Gasteiger partial charge in [-0.15, -0.1) is 0 Å². The molecule has 5 nitrogen and oxygen atoms in total. The second-order valence-electron chi connectivity index (χ2n) is 4.92. The number of aliphatic hydroxyl groups is 1. The van der Waals surface area contributed by atoms with Crippen LogP contribution >= 0.6 is 11.6 Å². The van der Waals surface area contributed by atoms with Crippen LogP contribution in [0.5, 0.6) is 0 Å². The summed E-state index contributed by atoms with van der Waals surface area (Å²) in [6.07, 6.45) is 1.65. The highest BCUT2D eigenvalue weighted by Crippen LogP contribution is 2.44. The predicted octanol–water partition coefficient (Wildman–Crippen LogP) is 1.31. The van der Waals surface area contributed by atoms with Gasteiger partial charge in [0, 0.05) is 17.6 Å². The van der Waals surface area contributed by atoms with Gasteiger partial charge < -0.3 is 15.7 Å². The zero-order valence-electron chi connectivity index (χ0n) is 10.6. The Kier molecular flexibility index (Phi) is 4.25. The van der Waals surface area contributed by atoms with E-state index < -0.39 is 17.6 Å². The summed E-state index contributed by atoms with van der Waals surface area (Å²) in [5.74, 6) is -2.39. The molecule has 1 aromatic rings. The molecule has 0 unspecified atom stereocenters. The molecular formula is C13H14ClFN2O3. The number of hydrogen-bond donors (Lipinski definition) is 3. The maximum absolute atomic E-state index is 13.2. The van der Waals surface area contributed by atoms with Crippen molar-refractivity contribution in [3.8, 4) is 0 Å². The summed E-state index contributed by atoms with van der Waals surface area (Å²) in [4.78, 5) is 23.2. The Balaban J connectivity index is 1.87. The molecule has 3 N–H and O–H groups in total. The first-order valence-corrected chi connectivity index (χ1v) is 6.49. The van der Waals surface area contributed by atoms with Gasteiger partial charge in [-0.3, -0.25) is 9.59 Å². The normalized spacial score (nSPS) is 15.6. The van der Waals surface area contributed by atoms with Crippen molar-refractivity contribution in [1.29, 1.82) is 0 Å². The summed E-state index contributed by atoms with van der Waals surface area (Å²) in [5, 5.41) is 13.8. The maximum Gasteiger partial charge on any atom is 0.313 e. The molecule has 1 saturated carbocycles. The Morgan fingerprint density at radius 3 is 2.60 bits per heavy atom. The maximum atomic E-state index is 13.2. The number of hydrogen-bond acceptors (Lipinski definition) is 3. The third-order valence-corrected chi connectivity index (χ3v) is 3.61. The quantitative estimate of drug-likeness (QED) is 0.734. The van der Waals surface area contributed by atoms with Gasteiger partial charge >= 0.3 is 11.8 Å². The SMILES string of the molecule is O=C(NCC1(CO)CC1)C(=O)Nc1ccc(Cl)c(F)c1. The second kappa shape index (κ2) is 5.76. The average Bonchev–Trinajstić information content (AvgIpc) is 3.21. The minimum atomic E-state index is -0.888. The first kappa shape index (κ1) is 14.7. The van der Waals surface area contributed by atoms with Crippen molar-refractivity contribution in [2.24, 2.45) is 5.41 Å². The van der Waals surface area contributed by atoms with Crippen LogP contribution in [0.25, 0.3) is 0 Å². The number of carbonyl (C=O) groups excluding carboxylic acids is 2. The Labute approximate surface area is 120 Å². The molecule has 0 aromatic heterocycles. The molecule has 20 heavy (non-hydrogen) atoms. The molecule has 0 heterocycles. The third-order valence-electron chi connectivity index (χ3n) is 3.30. The van der Waals surface area contributed by atoms with Crippen molar-refractivity contribution in [3.63, 3.8) is 0 Å². The highest BCUT2D eigenvalue weighted by Gasteiger charge is 2.42. The van der Waals surface area contributed by atoms with Crippen LogP contribution in [0.15, 0.2) is 18.2 Å². The monoisotopic (exact) mass is 300 g/mol. The molecule has 0 atom stereocenters. The largest absolute Gasteiger partial charge is 0.396 e. The third kappa shape index (κ3) is 3.46. The van der Waals surface area contributed by atoms with Gasteiger partial charge in [0.15, 0.2) is 0 Å². The lowest BCUT2D eigenvalue weighted by molar-refractivity contribution is -0.136. The van der Waals surface area contributed by atoms with E-state index in [1.165, 1.54) is 12.1 Å². The van der Waals surface area contributed by atoms with Crippen LogP contribution in [0.3, 0.4) is 0 Å². The molecule has 2 amide bonds. The van der Waals surface area contributed by atoms with Gasteiger partial charge in [-0.2, -0.15) is 0 Å². The lowest BCUT2D eigenvalue weighted by Gasteiger charge is -2.12. The van der Waals surface area contributed by atoms with E-state index in [1.54, 1.807) is 0 Å². The molecule has 1 aliphatic rings. The number of carbonyl (C=O) groups is 2. The molecule has 1 aromatic carbocycles. The number of aliphatic hydroxyl groups excluding tert-OH is 1. The zero-order chi connectivity index (χ0) is 14.8. The van der Waals surface area contributed by atoms with Gasteiger partial charge in [0.2, 0.25) is 0 Å². The predicted molar refractivity (Wildman–Crippen MR) is 71.8 cm³/mol. The van der Waals surface area contributed by atoms with E-state index in [4.69, 9.17) is 16.7 Å². The molecule has 7 heteroatoms. The molecule has 1 fully saturated rings. The average molecular weight is 301 g/mol. The van der Waals surface area contributed by atoms with Gasteiger partial charge in [0.1, 0.15) is 5.82 Å². The fourth-order valence-electron chi connectivity index (χ4n) is 1.68. The van der Waals surface area contributed by atoms with Crippen molar-refractivity contribution in [3.05, 3.63) is 29.0 Å². The first-order valence-electron chi connectivity index (χ1n) is 6.11. The Hall–Kier alpha value is -1.66. The standard InChI is InChI=1S/C13H14ClFN2O3/c14-9-2-1-8(5-10(9)15)17-12(20)11(19)16-6-13(7-18)3-4-13/h1-2,5,18H,3-4,6-7H2,(H,16,19)(H,17,20). The number of amides is 2. The molecule has 0 radical (unpaired) electrons. The van der Waals surface area contributed by atoms with Gasteiger partial charge in [0.05, 0.1) is 11.6 Å². The number of rotatable bonds is 4. The number of nitrogens with one attached hydrogen (secondary N) is 2. The summed E-state index contributed by atoms with van der Waals surface area (Å²) in [5.41, 5.74) is -0.127. The van der Waals surface area contributed by atoms with Gasteiger partial charge in [-0.25, -0.2) is 4.39 Å². The zero-order valence-corrected chi connectivity index (χ0v) is 11.3. The van der Waals surface area contributed by atoms with Crippen molar-refractivity contribution in [2.45, 2.75) is 12.8 Å². The topological polar surface area (TPSA) is 78.4 Å². The van der Waals surface area contributed by atoms with E-state index in [0.29, 0.717) is 0 Å². The molecule has 0 aliphatic heterocycles. The van der Waals surface area contributed by atoms with Gasteiger partial charge in [-0.1, -0.05) is 11.6 Å². The van der Waals surface area contributed by atoms with Crippen LogP contribution in [0, 0.1) is 11.2 Å². The summed E-state index contributed by atoms with van der Waals surface area (Å²) < 4.78 is 13.2. The van der Waals surface area contributed by atoms with Crippen LogP contribution in [0.4, 0.5) is 10.1 Å². The molecule has 0 spiro atoms. The van der Waals surface area contributed by atoms with Crippen molar-refractivity contribution in [2.75, 3.05) is 18.5 Å². The lowest BCUT2D eigenvalue weighted by atomic mass is 10.1. The highest BCUT2D eigenvalue weighted by molar-refractivity contribution is 6.39. The van der Waals surface area contributed by atoms with Crippen molar-refractivity contribution in [1.82, 2.24) is 5.32 Å². The van der Waals surface area contributed by atoms with Gasteiger partial charge in [-0.05, 0) is 31.0 Å². The van der Waals surface area contributed by atoms with E-state index in [0.717, 1.165) is 18.9 Å². The fraction of sp³-hybridized carbons (Fsp3) is 0.385. The van der Waals surface area contributed by atoms with Crippen LogP contribution in [-0.4, -0.2) is 30.1 Å². The van der Waals surface area contributed by atoms with Gasteiger partial charge in [0.25, 0.3) is 0 Å². The molecule has 0 bridgehead atoms. The number of benzene rings is 1. The van der Waals surface area contributed by atoms with E-state index >= 15 is 0 Å². The summed E-state index contributed by atoms with van der Waals surface area (Å²) in [6.45, 7) is 0.238. The van der Waals surface area contributed by atoms with E-state index in [9.17, 15) is 14.0 Å². The smallest absolute Gasteiger partial charge is 0.313 e. The fourth-order valence-corrected chi connectivity index (χ4v) is 1.79. The van der Waals surface area contributed by atoms with Crippen LogP contribution in [0.2, 0.25) is 5.02 Å². The van der Waals surface area contributed by atoms with Crippen molar-refractivity contribution < 1.29 is 19.1 Å². The molecule has 108 valence electrons. The summed E-state index contributed by atoms with van der Waals surface area (Å²) >= 11 is 5.51. The number of anilines is 1. The van der Waals surface area contributed by atoms with Crippen LogP contribution in [-0.2, 0) is 9.59 Å². The Morgan fingerprint density at radius 1 is 1.35 bits per heavy atom. The Morgan fingerprint density at radius 2 is 2.05 bits per heavy atom. The molecule has 0 saturated heterocycles. The van der Waals surface area contributed by atoms with E-state index in [2.05, 4.69) is 10.6 Å². The lowest BCUT2D eigenvalue weighted by Crippen LogP contribution is -2.39. The van der Waals surface area contributed by atoms with E-state index in [1.807, 2.05) is 0 Å². The second-order valence-corrected chi connectivity index (χ2v) is 5.33. The summed E-state index contributed by atoms with van der Waals surface area (Å²) in [6, 6.07) is 3.71. The van der Waals surface area contributed by atoms with E-state index in [-0.39, 0.29) is 29.3 Å². The molecular weight excluding hydrogens is 287 g/mol. The van der Waals surface area contributed by atoms with Crippen molar-refractivity contribution >= 4 is 29.1 Å². The first-order chi connectivity index (χ1) is 9.46. The highest BCUT2D eigenvalue weighted by atomic mass is 35.5. The summed E-state index contributed by atoms with van der Waals surface area (Å²) in [7, 11) is 0. The minimum absolute atomic E-state index is 0.0166. The van der Waals surface area contributed by atoms with Crippen LogP contribution < -0.4 is 10.6 Å². The number of halogens is 2. The Bertz CT molecular complexity index is 546. The molecule has 2 rings (SSSR count). The minimum Gasteiger partial charge on any atom is -0.396 e.